The van der Waals surface area contributed by atoms with Crippen LogP contribution in [0.4, 0.5) is 4.79 Å². The zero-order valence-corrected chi connectivity index (χ0v) is 22.0. The Hall–Kier alpha value is -3.75. The number of imide groups is 1. The zero-order chi connectivity index (χ0) is 26.3. The zero-order valence-electron chi connectivity index (χ0n) is 22.0. The number of aromatic nitrogens is 2. The van der Waals surface area contributed by atoms with Gasteiger partial charge < -0.3 is 14.2 Å². The van der Waals surface area contributed by atoms with Crippen LogP contribution < -0.4 is 0 Å². The van der Waals surface area contributed by atoms with Gasteiger partial charge in [0, 0.05) is 33.8 Å². The molecule has 2 aliphatic heterocycles. The molecule has 3 aromatic carbocycles. The lowest BCUT2D eigenvalue weighted by Gasteiger charge is -2.42. The van der Waals surface area contributed by atoms with Crippen LogP contribution in [0.3, 0.4) is 0 Å². The summed E-state index contributed by atoms with van der Waals surface area (Å²) in [4.78, 5) is 38.1. The molecule has 2 aliphatic rings. The second kappa shape index (κ2) is 9.85. The summed E-state index contributed by atoms with van der Waals surface area (Å²) < 4.78 is 7.47. The molecule has 6 rings (SSSR count). The molecule has 0 radical (unpaired) electrons. The molecule has 1 spiro atoms. The predicted molar refractivity (Wildman–Crippen MR) is 146 cm³/mol. The summed E-state index contributed by atoms with van der Waals surface area (Å²) in [5, 5.41) is 2.17. The van der Waals surface area contributed by atoms with Crippen LogP contribution >= 0.6 is 0 Å². The first-order chi connectivity index (χ1) is 18.5. The summed E-state index contributed by atoms with van der Waals surface area (Å²) in [6, 6.07) is 22.1. The van der Waals surface area contributed by atoms with Gasteiger partial charge in [0.05, 0.1) is 30.7 Å². The molecule has 4 aromatic rings. The van der Waals surface area contributed by atoms with Crippen molar-refractivity contribution in [1.82, 2.24) is 24.3 Å². The van der Waals surface area contributed by atoms with E-state index in [0.717, 1.165) is 33.2 Å². The highest BCUT2D eigenvalue weighted by Crippen LogP contribution is 2.38. The van der Waals surface area contributed by atoms with Crippen molar-refractivity contribution >= 4 is 33.7 Å². The Morgan fingerprint density at radius 1 is 0.921 bits per heavy atom. The van der Waals surface area contributed by atoms with Crippen LogP contribution in [-0.4, -0.2) is 75.1 Å². The number of benzene rings is 3. The van der Waals surface area contributed by atoms with Crippen molar-refractivity contribution in [2.75, 3.05) is 33.4 Å². The molecule has 0 bridgehead atoms. The number of amides is 3. The smallest absolute Gasteiger partial charge is 0.328 e. The summed E-state index contributed by atoms with van der Waals surface area (Å²) in [5.74, 6) is 0.915. The van der Waals surface area contributed by atoms with Gasteiger partial charge in [-0.05, 0) is 41.3 Å². The molecule has 3 heterocycles. The normalized spacial score (nSPS) is 17.9. The number of carbonyl (C=O) groups is 2. The van der Waals surface area contributed by atoms with Gasteiger partial charge in [-0.25, -0.2) is 9.78 Å². The Kier molecular flexibility index (Phi) is 6.37. The van der Waals surface area contributed by atoms with Crippen LogP contribution in [-0.2, 0) is 29.7 Å². The van der Waals surface area contributed by atoms with Gasteiger partial charge in [-0.2, -0.15) is 0 Å². The van der Waals surface area contributed by atoms with E-state index in [1.165, 1.54) is 4.90 Å². The number of rotatable bonds is 7. The van der Waals surface area contributed by atoms with E-state index < -0.39 is 5.54 Å². The molecule has 0 N–H and O–H groups in total. The van der Waals surface area contributed by atoms with Crippen LogP contribution in [0.25, 0.3) is 21.8 Å². The Balaban J connectivity index is 1.23. The van der Waals surface area contributed by atoms with Gasteiger partial charge in [0.2, 0.25) is 0 Å². The Morgan fingerprint density at radius 3 is 2.45 bits per heavy atom. The van der Waals surface area contributed by atoms with Crippen molar-refractivity contribution in [3.05, 3.63) is 78.1 Å². The van der Waals surface area contributed by atoms with Crippen molar-refractivity contribution in [1.29, 1.82) is 0 Å². The topological polar surface area (TPSA) is 70.9 Å². The van der Waals surface area contributed by atoms with Crippen LogP contribution in [0.5, 0.6) is 0 Å². The van der Waals surface area contributed by atoms with Gasteiger partial charge in [-0.3, -0.25) is 14.6 Å². The first-order valence-electron chi connectivity index (χ1n) is 13.2. The number of carbonyl (C=O) groups excluding carboxylic acids is 2. The van der Waals surface area contributed by atoms with Crippen LogP contribution in [0.1, 0.15) is 24.2 Å². The minimum atomic E-state index is -0.830. The number of imidazole rings is 1. The van der Waals surface area contributed by atoms with Gasteiger partial charge in [-0.15, -0.1) is 0 Å². The molecule has 0 saturated carbocycles. The van der Waals surface area contributed by atoms with E-state index in [2.05, 4.69) is 27.7 Å². The van der Waals surface area contributed by atoms with Crippen molar-refractivity contribution in [3.8, 4) is 0 Å². The number of nitrogens with zero attached hydrogens (tertiary/aromatic N) is 5. The molecule has 0 unspecified atom stereocenters. The van der Waals surface area contributed by atoms with E-state index in [1.807, 2.05) is 55.6 Å². The van der Waals surface area contributed by atoms with Crippen LogP contribution in [0.15, 0.2) is 66.7 Å². The number of likely N-dealkylation sites (tertiary alicyclic amines) is 1. The molecule has 3 amide bonds. The maximum absolute atomic E-state index is 14.0. The monoisotopic (exact) mass is 511 g/mol. The number of piperidine rings is 1. The highest BCUT2D eigenvalue weighted by molar-refractivity contribution is 6.07. The minimum absolute atomic E-state index is 0.0890. The van der Waals surface area contributed by atoms with E-state index in [9.17, 15) is 9.59 Å². The average Bonchev–Trinajstić information content (AvgIpc) is 3.35. The molecule has 0 atom stereocenters. The quantitative estimate of drug-likeness (QED) is 0.348. The second-order valence-electron chi connectivity index (χ2n) is 10.3. The molecule has 8 nitrogen and oxygen atoms in total. The first kappa shape index (κ1) is 24.6. The van der Waals surface area contributed by atoms with Gasteiger partial charge in [0.15, 0.2) is 0 Å². The third-order valence-corrected chi connectivity index (χ3v) is 8.28. The Bertz CT molecular complexity index is 1500. The number of aryl methyl sites for hydroxylation is 1. The molecule has 2 fully saturated rings. The standard InChI is InChI=1S/C30H33N5O3/c1-32-26-13-6-5-12-25(26)31-27(32)21-33-16-14-30(15-17-33)28(36)34(29(37)35(30)18-19-38-2)20-23-10-7-9-22-8-3-4-11-24(22)23/h3-13H,14-21H2,1-2H3. The van der Waals surface area contributed by atoms with E-state index in [-0.39, 0.29) is 18.5 Å². The second-order valence-corrected chi connectivity index (χ2v) is 10.3. The Morgan fingerprint density at radius 2 is 1.66 bits per heavy atom. The van der Waals surface area contributed by atoms with Gasteiger partial charge in [-0.1, -0.05) is 54.6 Å². The maximum atomic E-state index is 14.0. The average molecular weight is 512 g/mol. The van der Waals surface area contributed by atoms with Crippen molar-refractivity contribution in [3.63, 3.8) is 0 Å². The summed E-state index contributed by atoms with van der Waals surface area (Å²) in [6.45, 7) is 3.21. The summed E-state index contributed by atoms with van der Waals surface area (Å²) in [7, 11) is 3.68. The summed E-state index contributed by atoms with van der Waals surface area (Å²) in [5.41, 5.74) is 2.25. The number of hydrogen-bond donors (Lipinski definition) is 0. The van der Waals surface area contributed by atoms with Crippen LogP contribution in [0, 0.1) is 0 Å². The summed E-state index contributed by atoms with van der Waals surface area (Å²) >= 11 is 0. The fraction of sp³-hybridized carbons (Fsp3) is 0.367. The largest absolute Gasteiger partial charge is 0.383 e. The molecular formula is C30H33N5O3. The van der Waals surface area contributed by atoms with E-state index in [1.54, 1.807) is 12.0 Å². The molecule has 8 heteroatoms. The predicted octanol–water partition coefficient (Wildman–Crippen LogP) is 4.17. The van der Waals surface area contributed by atoms with Crippen molar-refractivity contribution < 1.29 is 14.3 Å². The van der Waals surface area contributed by atoms with Crippen molar-refractivity contribution in [2.45, 2.75) is 31.5 Å². The first-order valence-corrected chi connectivity index (χ1v) is 13.2. The Labute approximate surface area is 222 Å². The maximum Gasteiger partial charge on any atom is 0.328 e. The van der Waals surface area contributed by atoms with E-state index in [4.69, 9.17) is 9.72 Å². The van der Waals surface area contributed by atoms with E-state index >= 15 is 0 Å². The lowest BCUT2D eigenvalue weighted by atomic mass is 9.85. The molecule has 38 heavy (non-hydrogen) atoms. The minimum Gasteiger partial charge on any atom is -0.383 e. The third kappa shape index (κ3) is 4.04. The van der Waals surface area contributed by atoms with Crippen LogP contribution in [0.2, 0.25) is 0 Å². The van der Waals surface area contributed by atoms with Gasteiger partial charge in [0.25, 0.3) is 5.91 Å². The number of urea groups is 1. The molecule has 1 aromatic heterocycles. The highest BCUT2D eigenvalue weighted by Gasteiger charge is 2.57. The lowest BCUT2D eigenvalue weighted by molar-refractivity contribution is -0.136. The molecule has 196 valence electrons. The SMILES string of the molecule is COCCN1C(=O)N(Cc2cccc3ccccc23)C(=O)C12CCN(Cc1nc3ccccc3n1C)CC2. The van der Waals surface area contributed by atoms with Gasteiger partial charge >= 0.3 is 6.03 Å². The number of methoxy groups -OCH3 is 1. The number of hydrogen-bond acceptors (Lipinski definition) is 5. The fourth-order valence-corrected chi connectivity index (χ4v) is 6.12. The number of para-hydroxylation sites is 2. The summed E-state index contributed by atoms with van der Waals surface area (Å²) in [6.07, 6.45) is 1.19. The molecule has 0 aliphatic carbocycles. The van der Waals surface area contributed by atoms with E-state index in [0.29, 0.717) is 45.6 Å². The number of fused-ring (bicyclic) bond motifs is 2. The molecule has 2 saturated heterocycles. The van der Waals surface area contributed by atoms with Gasteiger partial charge in [0.1, 0.15) is 11.4 Å². The van der Waals surface area contributed by atoms with Crippen molar-refractivity contribution in [2.24, 2.45) is 7.05 Å². The molecular weight excluding hydrogens is 478 g/mol. The lowest BCUT2D eigenvalue weighted by Crippen LogP contribution is -2.57. The third-order valence-electron chi connectivity index (χ3n) is 8.28. The number of ether oxygens (including phenoxy) is 1. The highest BCUT2D eigenvalue weighted by atomic mass is 16.5. The fourth-order valence-electron chi connectivity index (χ4n) is 6.12.